The average molecular weight is 380 g/mol. The van der Waals surface area contributed by atoms with E-state index in [9.17, 15) is 9.59 Å². The minimum Gasteiger partial charge on any atom is -0.326 e. The molecule has 3 amide bonds. The molecule has 0 aromatic heterocycles. The number of carbonyl (C=O) groups is 2. The van der Waals surface area contributed by atoms with Crippen molar-refractivity contribution in [3.63, 3.8) is 0 Å². The van der Waals surface area contributed by atoms with Crippen molar-refractivity contribution in [2.45, 2.75) is 39.0 Å². The van der Waals surface area contributed by atoms with Gasteiger partial charge in [0.1, 0.15) is 0 Å². The van der Waals surface area contributed by atoms with Gasteiger partial charge in [-0.25, -0.2) is 4.79 Å². The van der Waals surface area contributed by atoms with Crippen molar-refractivity contribution in [2.75, 3.05) is 23.7 Å². The number of anilines is 2. The zero-order valence-corrected chi connectivity index (χ0v) is 16.7. The summed E-state index contributed by atoms with van der Waals surface area (Å²) in [6.07, 6.45) is 2.46. The van der Waals surface area contributed by atoms with E-state index < -0.39 is 0 Å². The maximum Gasteiger partial charge on any atom is 0.321 e. The summed E-state index contributed by atoms with van der Waals surface area (Å²) in [4.78, 5) is 26.7. The molecule has 2 aromatic rings. The van der Waals surface area contributed by atoms with Gasteiger partial charge in [0.2, 0.25) is 5.91 Å². The number of amides is 3. The second-order valence-corrected chi connectivity index (χ2v) is 7.48. The van der Waals surface area contributed by atoms with Gasteiger partial charge in [0.05, 0.1) is 0 Å². The van der Waals surface area contributed by atoms with Gasteiger partial charge in [-0.15, -0.1) is 0 Å². The van der Waals surface area contributed by atoms with Crippen LogP contribution in [0.15, 0.2) is 54.6 Å². The van der Waals surface area contributed by atoms with E-state index in [1.54, 1.807) is 4.90 Å². The molecular weight excluding hydrogens is 350 g/mol. The molecule has 3 rings (SSSR count). The summed E-state index contributed by atoms with van der Waals surface area (Å²) < 4.78 is 0. The van der Waals surface area contributed by atoms with Crippen LogP contribution in [-0.2, 0) is 4.79 Å². The number of nitrogens with zero attached hydrogens (tertiary/aromatic N) is 1. The zero-order chi connectivity index (χ0) is 19.9. The van der Waals surface area contributed by atoms with Gasteiger partial charge in [-0.2, -0.15) is 0 Å². The number of hydrogen-bond acceptors (Lipinski definition) is 2. The lowest BCUT2D eigenvalue weighted by Gasteiger charge is -2.31. The molecule has 0 bridgehead atoms. The lowest BCUT2D eigenvalue weighted by molar-refractivity contribution is -0.121. The molecule has 148 valence electrons. The molecule has 0 saturated carbocycles. The average Bonchev–Trinajstić information content (AvgIpc) is 2.74. The second-order valence-electron chi connectivity index (χ2n) is 7.48. The van der Waals surface area contributed by atoms with E-state index in [1.807, 2.05) is 42.5 Å². The van der Waals surface area contributed by atoms with Gasteiger partial charge < -0.3 is 15.5 Å². The quantitative estimate of drug-likeness (QED) is 0.761. The number of urea groups is 1. The van der Waals surface area contributed by atoms with Gasteiger partial charge in [-0.1, -0.05) is 44.2 Å². The largest absolute Gasteiger partial charge is 0.326 e. The van der Waals surface area contributed by atoms with Crippen molar-refractivity contribution in [1.82, 2.24) is 4.90 Å². The van der Waals surface area contributed by atoms with Gasteiger partial charge in [0.15, 0.2) is 0 Å². The lowest BCUT2D eigenvalue weighted by atomic mass is 9.95. The van der Waals surface area contributed by atoms with Crippen LogP contribution in [0.3, 0.4) is 0 Å². The predicted octanol–water partition coefficient (Wildman–Crippen LogP) is 5.08. The molecule has 5 nitrogen and oxygen atoms in total. The number of benzene rings is 2. The Morgan fingerprint density at radius 3 is 2.18 bits per heavy atom. The highest BCUT2D eigenvalue weighted by Crippen LogP contribution is 2.23. The van der Waals surface area contributed by atoms with Crippen molar-refractivity contribution in [3.05, 3.63) is 60.2 Å². The van der Waals surface area contributed by atoms with Crippen molar-refractivity contribution < 1.29 is 9.59 Å². The Bertz CT molecular complexity index is 781. The summed E-state index contributed by atoms with van der Waals surface area (Å²) in [5.74, 6) is 0.505. The van der Waals surface area contributed by atoms with Crippen LogP contribution in [0.4, 0.5) is 16.2 Å². The normalized spacial score (nSPS) is 15.7. The third-order valence-corrected chi connectivity index (χ3v) is 5.54. The molecule has 1 atom stereocenters. The fourth-order valence-corrected chi connectivity index (χ4v) is 3.44. The fourth-order valence-electron chi connectivity index (χ4n) is 3.44. The molecule has 5 heteroatoms. The Balaban J connectivity index is 1.47. The van der Waals surface area contributed by atoms with Gasteiger partial charge in [-0.05, 0) is 55.0 Å². The van der Waals surface area contributed by atoms with E-state index in [2.05, 4.69) is 36.6 Å². The first-order valence-corrected chi connectivity index (χ1v) is 10.1. The van der Waals surface area contributed by atoms with Crippen LogP contribution < -0.4 is 10.6 Å². The Hall–Kier alpha value is -2.82. The number of likely N-dealkylation sites (tertiary alicyclic amines) is 1. The number of hydrogen-bond donors (Lipinski definition) is 2. The van der Waals surface area contributed by atoms with Crippen LogP contribution in [-0.4, -0.2) is 29.9 Å². The Morgan fingerprint density at radius 1 is 0.964 bits per heavy atom. The summed E-state index contributed by atoms with van der Waals surface area (Å²) in [6, 6.07) is 17.4. The van der Waals surface area contributed by atoms with Gasteiger partial charge in [0.25, 0.3) is 0 Å². The first kappa shape index (κ1) is 19.9. The molecule has 0 unspecified atom stereocenters. The minimum absolute atomic E-state index is 0.0411. The maximum absolute atomic E-state index is 12.6. The first-order chi connectivity index (χ1) is 13.6. The number of nitrogens with one attached hydrogen (secondary N) is 2. The maximum atomic E-state index is 12.6. The molecule has 0 spiro atoms. The van der Waals surface area contributed by atoms with Crippen molar-refractivity contribution in [1.29, 1.82) is 0 Å². The highest BCUT2D eigenvalue weighted by Gasteiger charge is 2.27. The Labute approximate surface area is 167 Å². The van der Waals surface area contributed by atoms with Crippen molar-refractivity contribution >= 4 is 23.3 Å². The summed E-state index contributed by atoms with van der Waals surface area (Å²) in [5, 5.41) is 5.92. The monoisotopic (exact) mass is 379 g/mol. The van der Waals surface area contributed by atoms with Crippen LogP contribution >= 0.6 is 0 Å². The highest BCUT2D eigenvalue weighted by atomic mass is 16.2. The number of carbonyl (C=O) groups excluding carboxylic acids is 2. The second kappa shape index (κ2) is 9.40. The highest BCUT2D eigenvalue weighted by molar-refractivity contribution is 5.93. The predicted molar refractivity (Wildman–Crippen MR) is 114 cm³/mol. The summed E-state index contributed by atoms with van der Waals surface area (Å²) in [5.41, 5.74) is 2.91. The van der Waals surface area contributed by atoms with Gasteiger partial charge >= 0.3 is 6.03 Å². The smallest absolute Gasteiger partial charge is 0.321 e. The lowest BCUT2D eigenvalue weighted by Crippen LogP contribution is -2.43. The summed E-state index contributed by atoms with van der Waals surface area (Å²) in [6.45, 7) is 5.55. The van der Waals surface area contributed by atoms with Crippen molar-refractivity contribution in [3.8, 4) is 0 Å². The summed E-state index contributed by atoms with van der Waals surface area (Å²) in [7, 11) is 0. The van der Waals surface area contributed by atoms with E-state index in [-0.39, 0.29) is 17.9 Å². The van der Waals surface area contributed by atoms with Crippen LogP contribution in [0.25, 0.3) is 0 Å². The number of piperidine rings is 1. The molecule has 28 heavy (non-hydrogen) atoms. The molecule has 1 saturated heterocycles. The molecule has 2 N–H and O–H groups in total. The SMILES string of the molecule is CC[C@H](C)c1ccc(NC(=O)C2CCN(C(=O)Nc3ccccc3)CC2)cc1. The van der Waals surface area contributed by atoms with Crippen LogP contribution in [0.5, 0.6) is 0 Å². The third-order valence-electron chi connectivity index (χ3n) is 5.54. The molecule has 1 aliphatic heterocycles. The fraction of sp³-hybridized carbons (Fsp3) is 0.391. The standard InChI is InChI=1S/C23H29N3O2/c1-3-17(2)18-9-11-21(12-10-18)24-22(27)19-13-15-26(16-14-19)23(28)25-20-7-5-4-6-8-20/h4-12,17,19H,3,13-16H2,1-2H3,(H,24,27)(H,25,28)/t17-/m0/s1. The van der Waals surface area contributed by atoms with Gasteiger partial charge in [0, 0.05) is 30.4 Å². The number of rotatable bonds is 5. The van der Waals surface area contributed by atoms with E-state index in [0.29, 0.717) is 31.8 Å². The summed E-state index contributed by atoms with van der Waals surface area (Å²) >= 11 is 0. The zero-order valence-electron chi connectivity index (χ0n) is 16.7. The van der Waals surface area contributed by atoms with E-state index in [4.69, 9.17) is 0 Å². The van der Waals surface area contributed by atoms with Gasteiger partial charge in [-0.3, -0.25) is 4.79 Å². The molecule has 0 radical (unpaired) electrons. The molecule has 2 aromatic carbocycles. The van der Waals surface area contributed by atoms with E-state index >= 15 is 0 Å². The van der Waals surface area contributed by atoms with Crippen LogP contribution in [0.2, 0.25) is 0 Å². The Kier molecular flexibility index (Phi) is 6.69. The Morgan fingerprint density at radius 2 is 1.57 bits per heavy atom. The molecule has 1 heterocycles. The molecule has 1 aliphatic rings. The number of para-hydroxylation sites is 1. The molecular formula is C23H29N3O2. The molecule has 0 aliphatic carbocycles. The third kappa shape index (κ3) is 5.12. The minimum atomic E-state index is -0.106. The topological polar surface area (TPSA) is 61.4 Å². The molecule has 1 fully saturated rings. The van der Waals surface area contributed by atoms with E-state index in [0.717, 1.165) is 17.8 Å². The van der Waals surface area contributed by atoms with Crippen LogP contribution in [0, 0.1) is 5.92 Å². The van der Waals surface area contributed by atoms with E-state index in [1.165, 1.54) is 5.56 Å². The first-order valence-electron chi connectivity index (χ1n) is 10.1. The van der Waals surface area contributed by atoms with Crippen LogP contribution in [0.1, 0.15) is 44.6 Å². The van der Waals surface area contributed by atoms with Crippen molar-refractivity contribution in [2.24, 2.45) is 5.92 Å².